The van der Waals surface area contributed by atoms with Crippen LogP contribution in [0.2, 0.25) is 0 Å². The van der Waals surface area contributed by atoms with Gasteiger partial charge in [0.1, 0.15) is 0 Å². The molecule has 0 aliphatic rings. The van der Waals surface area contributed by atoms with Crippen LogP contribution in [0.15, 0.2) is 30.3 Å². The van der Waals surface area contributed by atoms with Crippen LogP contribution in [-0.4, -0.2) is 18.3 Å². The molecule has 0 aliphatic carbocycles. The van der Waals surface area contributed by atoms with Gasteiger partial charge in [-0.1, -0.05) is 43.7 Å². The third-order valence-electron chi connectivity index (χ3n) is 2.42. The number of ether oxygens (including phenoxy) is 1. The number of hydrogen-bond acceptors (Lipinski definition) is 2. The molecule has 1 aromatic rings. The molecule has 84 valence electrons. The van der Waals surface area contributed by atoms with E-state index in [0.717, 1.165) is 12.8 Å². The number of hydrogen-bond donors (Lipinski definition) is 1. The van der Waals surface area contributed by atoms with E-state index in [1.807, 2.05) is 30.3 Å². The van der Waals surface area contributed by atoms with E-state index in [1.54, 1.807) is 0 Å². The SMILES string of the molecule is CCC[C@H](CO)COCc1ccccc1. The van der Waals surface area contributed by atoms with Crippen molar-refractivity contribution < 1.29 is 9.84 Å². The second kappa shape index (κ2) is 7.43. The van der Waals surface area contributed by atoms with Crippen LogP contribution in [0.25, 0.3) is 0 Å². The molecule has 2 heteroatoms. The Kier molecular flexibility index (Phi) is 6.05. The van der Waals surface area contributed by atoms with Gasteiger partial charge in [-0.05, 0) is 12.0 Å². The van der Waals surface area contributed by atoms with Gasteiger partial charge in [-0.2, -0.15) is 0 Å². The normalized spacial score (nSPS) is 12.7. The zero-order chi connectivity index (χ0) is 10.9. The quantitative estimate of drug-likeness (QED) is 0.746. The van der Waals surface area contributed by atoms with Gasteiger partial charge in [0.2, 0.25) is 0 Å². The predicted octanol–water partition coefficient (Wildman–Crippen LogP) is 2.61. The molecular formula is C13H20O2. The summed E-state index contributed by atoms with van der Waals surface area (Å²) in [5.74, 6) is 0.290. The molecule has 1 rings (SSSR count). The van der Waals surface area contributed by atoms with E-state index < -0.39 is 0 Å². The van der Waals surface area contributed by atoms with Crippen molar-refractivity contribution in [1.29, 1.82) is 0 Å². The lowest BCUT2D eigenvalue weighted by Crippen LogP contribution is -2.13. The summed E-state index contributed by atoms with van der Waals surface area (Å²) in [6, 6.07) is 10.1. The molecule has 0 aliphatic heterocycles. The molecular weight excluding hydrogens is 188 g/mol. The summed E-state index contributed by atoms with van der Waals surface area (Å²) in [5, 5.41) is 9.07. The smallest absolute Gasteiger partial charge is 0.0717 e. The van der Waals surface area contributed by atoms with Crippen molar-refractivity contribution in [2.24, 2.45) is 5.92 Å². The van der Waals surface area contributed by atoms with Crippen LogP contribution in [0.1, 0.15) is 25.3 Å². The first-order valence-corrected chi connectivity index (χ1v) is 5.59. The van der Waals surface area contributed by atoms with Crippen molar-refractivity contribution in [2.45, 2.75) is 26.4 Å². The summed E-state index contributed by atoms with van der Waals surface area (Å²) in [4.78, 5) is 0. The van der Waals surface area contributed by atoms with E-state index in [2.05, 4.69) is 6.92 Å². The van der Waals surface area contributed by atoms with Crippen molar-refractivity contribution in [3.8, 4) is 0 Å². The molecule has 0 amide bonds. The maximum Gasteiger partial charge on any atom is 0.0717 e. The van der Waals surface area contributed by atoms with E-state index in [1.165, 1.54) is 5.56 Å². The molecule has 0 bridgehead atoms. The Morgan fingerprint density at radius 3 is 2.60 bits per heavy atom. The third kappa shape index (κ3) is 4.96. The van der Waals surface area contributed by atoms with Crippen molar-refractivity contribution in [2.75, 3.05) is 13.2 Å². The van der Waals surface area contributed by atoms with Gasteiger partial charge in [0, 0.05) is 12.5 Å². The number of aliphatic hydroxyl groups excluding tert-OH is 1. The Labute approximate surface area is 91.9 Å². The first kappa shape index (κ1) is 12.2. The molecule has 0 unspecified atom stereocenters. The Morgan fingerprint density at radius 1 is 1.27 bits per heavy atom. The first-order valence-electron chi connectivity index (χ1n) is 5.59. The van der Waals surface area contributed by atoms with Gasteiger partial charge < -0.3 is 9.84 Å². The molecule has 2 nitrogen and oxygen atoms in total. The summed E-state index contributed by atoms with van der Waals surface area (Å²) in [5.41, 5.74) is 1.19. The Balaban J connectivity index is 2.20. The van der Waals surface area contributed by atoms with Crippen LogP contribution in [0.4, 0.5) is 0 Å². The molecule has 0 radical (unpaired) electrons. The van der Waals surface area contributed by atoms with Gasteiger partial charge in [0.05, 0.1) is 13.2 Å². The highest BCUT2D eigenvalue weighted by molar-refractivity contribution is 5.13. The van der Waals surface area contributed by atoms with Gasteiger partial charge >= 0.3 is 0 Å². The second-order valence-electron chi connectivity index (χ2n) is 3.84. The van der Waals surface area contributed by atoms with Gasteiger partial charge in [-0.25, -0.2) is 0 Å². The zero-order valence-electron chi connectivity index (χ0n) is 9.36. The van der Waals surface area contributed by atoms with Gasteiger partial charge in [0.15, 0.2) is 0 Å². The molecule has 15 heavy (non-hydrogen) atoms. The molecule has 0 heterocycles. The predicted molar refractivity (Wildman–Crippen MR) is 61.6 cm³/mol. The fourth-order valence-corrected chi connectivity index (χ4v) is 1.55. The zero-order valence-corrected chi connectivity index (χ0v) is 9.36. The summed E-state index contributed by atoms with van der Waals surface area (Å²) >= 11 is 0. The minimum Gasteiger partial charge on any atom is -0.396 e. The summed E-state index contributed by atoms with van der Waals surface area (Å²) in [7, 11) is 0. The molecule has 1 N–H and O–H groups in total. The molecule has 0 spiro atoms. The van der Waals surface area contributed by atoms with Crippen LogP contribution in [-0.2, 0) is 11.3 Å². The lowest BCUT2D eigenvalue weighted by atomic mass is 10.1. The Hall–Kier alpha value is -0.860. The van der Waals surface area contributed by atoms with Crippen LogP contribution >= 0.6 is 0 Å². The van der Waals surface area contributed by atoms with Crippen LogP contribution in [0.3, 0.4) is 0 Å². The van der Waals surface area contributed by atoms with Crippen molar-refractivity contribution >= 4 is 0 Å². The standard InChI is InChI=1S/C13H20O2/c1-2-6-13(9-14)11-15-10-12-7-4-3-5-8-12/h3-5,7-8,13-14H,2,6,9-11H2,1H3/t13-/m1/s1. The highest BCUT2D eigenvalue weighted by Crippen LogP contribution is 2.08. The topological polar surface area (TPSA) is 29.5 Å². The van der Waals surface area contributed by atoms with Crippen LogP contribution < -0.4 is 0 Å². The van der Waals surface area contributed by atoms with Crippen LogP contribution in [0.5, 0.6) is 0 Å². The number of benzene rings is 1. The van der Waals surface area contributed by atoms with E-state index in [0.29, 0.717) is 19.1 Å². The minimum atomic E-state index is 0.225. The maximum absolute atomic E-state index is 9.07. The number of rotatable bonds is 7. The highest BCUT2D eigenvalue weighted by atomic mass is 16.5. The monoisotopic (exact) mass is 208 g/mol. The van der Waals surface area contributed by atoms with Crippen molar-refractivity contribution in [3.63, 3.8) is 0 Å². The molecule has 1 aromatic carbocycles. The molecule has 0 fully saturated rings. The first-order chi connectivity index (χ1) is 7.36. The van der Waals surface area contributed by atoms with Crippen LogP contribution in [0, 0.1) is 5.92 Å². The average molecular weight is 208 g/mol. The fraction of sp³-hybridized carbons (Fsp3) is 0.538. The third-order valence-corrected chi connectivity index (χ3v) is 2.42. The van der Waals surface area contributed by atoms with E-state index in [9.17, 15) is 0 Å². The summed E-state index contributed by atoms with van der Waals surface area (Å²) in [6.45, 7) is 3.64. The lowest BCUT2D eigenvalue weighted by molar-refractivity contribution is 0.0593. The Bertz CT molecular complexity index is 246. The van der Waals surface area contributed by atoms with Crippen molar-refractivity contribution in [3.05, 3.63) is 35.9 Å². The summed E-state index contributed by atoms with van der Waals surface area (Å²) in [6.07, 6.45) is 2.13. The van der Waals surface area contributed by atoms with Gasteiger partial charge in [-0.15, -0.1) is 0 Å². The average Bonchev–Trinajstić information content (AvgIpc) is 2.29. The second-order valence-corrected chi connectivity index (χ2v) is 3.84. The molecule has 0 saturated heterocycles. The largest absolute Gasteiger partial charge is 0.396 e. The fourth-order valence-electron chi connectivity index (χ4n) is 1.55. The van der Waals surface area contributed by atoms with E-state index >= 15 is 0 Å². The van der Waals surface area contributed by atoms with Gasteiger partial charge in [0.25, 0.3) is 0 Å². The number of aliphatic hydroxyl groups is 1. The molecule has 0 aromatic heterocycles. The van der Waals surface area contributed by atoms with E-state index in [4.69, 9.17) is 9.84 Å². The summed E-state index contributed by atoms with van der Waals surface area (Å²) < 4.78 is 5.57. The molecule has 0 saturated carbocycles. The van der Waals surface area contributed by atoms with Crippen molar-refractivity contribution in [1.82, 2.24) is 0 Å². The minimum absolute atomic E-state index is 0.225. The van der Waals surface area contributed by atoms with Gasteiger partial charge in [-0.3, -0.25) is 0 Å². The lowest BCUT2D eigenvalue weighted by Gasteiger charge is -2.13. The highest BCUT2D eigenvalue weighted by Gasteiger charge is 2.05. The van der Waals surface area contributed by atoms with E-state index in [-0.39, 0.29) is 6.61 Å². The maximum atomic E-state index is 9.07. The molecule has 1 atom stereocenters. The Morgan fingerprint density at radius 2 is 2.00 bits per heavy atom.